The van der Waals surface area contributed by atoms with Crippen LogP contribution in [0.2, 0.25) is 0 Å². The first kappa shape index (κ1) is 20.8. The van der Waals surface area contributed by atoms with Crippen molar-refractivity contribution in [2.45, 2.75) is 50.4 Å². The quantitative estimate of drug-likeness (QED) is 0.821. The Labute approximate surface area is 157 Å². The van der Waals surface area contributed by atoms with Gasteiger partial charge < -0.3 is 15.8 Å². The summed E-state index contributed by atoms with van der Waals surface area (Å²) in [5.41, 5.74) is 6.52. The van der Waals surface area contributed by atoms with Gasteiger partial charge in [0, 0.05) is 17.6 Å². The van der Waals surface area contributed by atoms with Crippen LogP contribution in [-0.4, -0.2) is 30.8 Å². The number of carbonyl (C=O) groups is 1. The Kier molecular flexibility index (Phi) is 6.80. The van der Waals surface area contributed by atoms with Gasteiger partial charge in [-0.3, -0.25) is 4.79 Å². The van der Waals surface area contributed by atoms with Crippen LogP contribution in [0.5, 0.6) is 5.75 Å². The zero-order valence-electron chi connectivity index (χ0n) is 14.3. The van der Waals surface area contributed by atoms with E-state index in [-0.39, 0.29) is 36.1 Å². The van der Waals surface area contributed by atoms with Gasteiger partial charge in [0.1, 0.15) is 5.75 Å². The lowest BCUT2D eigenvalue weighted by atomic mass is 9.67. The maximum Gasteiger partial charge on any atom is 0.422 e. The van der Waals surface area contributed by atoms with Crippen LogP contribution in [0.3, 0.4) is 0 Å². The molecular weight excluding hydrogens is 369 g/mol. The number of amides is 1. The number of carbonyl (C=O) groups excluding carboxylic acids is 1. The van der Waals surface area contributed by atoms with Crippen LogP contribution in [0.25, 0.3) is 0 Å². The predicted molar refractivity (Wildman–Crippen MR) is 94.5 cm³/mol. The van der Waals surface area contributed by atoms with Gasteiger partial charge in [-0.2, -0.15) is 13.2 Å². The molecule has 0 spiro atoms. The van der Waals surface area contributed by atoms with Crippen LogP contribution in [0.15, 0.2) is 24.3 Å². The van der Waals surface area contributed by atoms with Gasteiger partial charge in [-0.25, -0.2) is 0 Å². The normalized spacial score (nSPS) is 28.0. The minimum atomic E-state index is -4.38. The zero-order valence-corrected chi connectivity index (χ0v) is 15.1. The Hall–Kier alpha value is -1.47. The van der Waals surface area contributed by atoms with Crippen molar-refractivity contribution in [2.75, 3.05) is 6.61 Å². The van der Waals surface area contributed by atoms with E-state index in [1.807, 2.05) is 0 Å². The Morgan fingerprint density at radius 2 is 1.73 bits per heavy atom. The fourth-order valence-electron chi connectivity index (χ4n) is 4.13. The van der Waals surface area contributed by atoms with E-state index >= 15 is 0 Å². The Morgan fingerprint density at radius 1 is 1.15 bits per heavy atom. The van der Waals surface area contributed by atoms with Crippen molar-refractivity contribution in [3.05, 3.63) is 29.8 Å². The lowest BCUT2D eigenvalue weighted by Gasteiger charge is -2.45. The van der Waals surface area contributed by atoms with Crippen molar-refractivity contribution in [3.63, 3.8) is 0 Å². The third-order valence-electron chi connectivity index (χ3n) is 5.19. The highest BCUT2D eigenvalue weighted by atomic mass is 35.5. The first-order valence-electron chi connectivity index (χ1n) is 8.68. The molecule has 2 atom stereocenters. The van der Waals surface area contributed by atoms with Gasteiger partial charge in [-0.15, -0.1) is 12.4 Å². The van der Waals surface area contributed by atoms with Crippen LogP contribution >= 0.6 is 12.4 Å². The summed E-state index contributed by atoms with van der Waals surface area (Å²) < 4.78 is 41.1. The standard InChI is InChI=1S/C18H23F3N2O2.ClH/c19-18(20,21)10-25-15-6-4-11(5-7-15)17(24)23-16-12-2-1-3-13(16)9-14(22)8-12;/h4-7,12-14,16H,1-3,8-10,22H2,(H,23,24);1H. The van der Waals surface area contributed by atoms with E-state index in [0.29, 0.717) is 17.4 Å². The van der Waals surface area contributed by atoms with E-state index in [9.17, 15) is 18.0 Å². The molecule has 4 nitrogen and oxygen atoms in total. The van der Waals surface area contributed by atoms with Crippen molar-refractivity contribution >= 4 is 18.3 Å². The number of alkyl halides is 3. The summed E-state index contributed by atoms with van der Waals surface area (Å²) in [5.74, 6) is 0.732. The third-order valence-corrected chi connectivity index (χ3v) is 5.19. The number of hydrogen-bond acceptors (Lipinski definition) is 3. The average Bonchev–Trinajstić information content (AvgIpc) is 2.53. The van der Waals surface area contributed by atoms with Gasteiger partial charge >= 0.3 is 6.18 Å². The highest BCUT2D eigenvalue weighted by molar-refractivity contribution is 5.94. The van der Waals surface area contributed by atoms with Gasteiger partial charge in [0.15, 0.2) is 6.61 Å². The molecule has 2 aliphatic carbocycles. The van der Waals surface area contributed by atoms with E-state index in [4.69, 9.17) is 5.73 Å². The molecular formula is C18H24ClF3N2O2. The molecule has 26 heavy (non-hydrogen) atoms. The largest absolute Gasteiger partial charge is 0.484 e. The number of halogens is 4. The molecule has 1 amide bonds. The van der Waals surface area contributed by atoms with Crippen molar-refractivity contribution in [1.82, 2.24) is 5.32 Å². The van der Waals surface area contributed by atoms with Crippen LogP contribution in [-0.2, 0) is 0 Å². The summed E-state index contributed by atoms with van der Waals surface area (Å²) >= 11 is 0. The zero-order chi connectivity index (χ0) is 18.0. The molecule has 0 aliphatic heterocycles. The second-order valence-corrected chi connectivity index (χ2v) is 7.11. The van der Waals surface area contributed by atoms with E-state index in [1.54, 1.807) is 0 Å². The SMILES string of the molecule is Cl.NC1CC2CCCC(C1)C2NC(=O)c1ccc(OCC(F)(F)F)cc1. The van der Waals surface area contributed by atoms with Crippen LogP contribution in [0.1, 0.15) is 42.5 Å². The van der Waals surface area contributed by atoms with Gasteiger partial charge in [0.05, 0.1) is 0 Å². The topological polar surface area (TPSA) is 64.3 Å². The summed E-state index contributed by atoms with van der Waals surface area (Å²) in [5, 5.41) is 3.12. The first-order valence-corrected chi connectivity index (χ1v) is 8.68. The lowest BCUT2D eigenvalue weighted by molar-refractivity contribution is -0.153. The molecule has 2 aliphatic rings. The molecule has 0 heterocycles. The van der Waals surface area contributed by atoms with Crippen molar-refractivity contribution in [3.8, 4) is 5.75 Å². The van der Waals surface area contributed by atoms with Crippen LogP contribution < -0.4 is 15.8 Å². The van der Waals surface area contributed by atoms with Gasteiger partial charge in [-0.05, 0) is 61.8 Å². The second-order valence-electron chi connectivity index (χ2n) is 7.11. The molecule has 3 rings (SSSR count). The molecule has 8 heteroatoms. The monoisotopic (exact) mass is 392 g/mol. The fraction of sp³-hybridized carbons (Fsp3) is 0.611. The summed E-state index contributed by atoms with van der Waals surface area (Å²) in [6.45, 7) is -1.34. The summed E-state index contributed by atoms with van der Waals surface area (Å²) in [7, 11) is 0. The molecule has 2 fully saturated rings. The highest BCUT2D eigenvalue weighted by Gasteiger charge is 2.40. The summed E-state index contributed by atoms with van der Waals surface area (Å²) in [6.07, 6.45) is 0.839. The smallest absolute Gasteiger partial charge is 0.422 e. The lowest BCUT2D eigenvalue weighted by Crippen LogP contribution is -2.53. The molecule has 2 unspecified atom stereocenters. The second kappa shape index (κ2) is 8.48. The van der Waals surface area contributed by atoms with Crippen molar-refractivity contribution in [2.24, 2.45) is 17.6 Å². The number of nitrogens with one attached hydrogen (secondary N) is 1. The van der Waals surface area contributed by atoms with Gasteiger partial charge in [-0.1, -0.05) is 6.42 Å². The van der Waals surface area contributed by atoms with Crippen molar-refractivity contribution < 1.29 is 22.7 Å². The Balaban J connectivity index is 0.00000243. The Bertz CT molecular complexity index is 595. The number of rotatable bonds is 4. The molecule has 2 saturated carbocycles. The molecule has 0 aromatic heterocycles. The highest BCUT2D eigenvalue weighted by Crippen LogP contribution is 2.39. The van der Waals surface area contributed by atoms with E-state index in [2.05, 4.69) is 10.1 Å². The maximum atomic E-state index is 12.5. The molecule has 2 bridgehead atoms. The predicted octanol–water partition coefficient (Wildman–Crippen LogP) is 3.69. The third kappa shape index (κ3) is 5.27. The number of fused-ring (bicyclic) bond motifs is 2. The van der Waals surface area contributed by atoms with Crippen molar-refractivity contribution in [1.29, 1.82) is 0 Å². The maximum absolute atomic E-state index is 12.5. The fourth-order valence-corrected chi connectivity index (χ4v) is 4.13. The van der Waals surface area contributed by atoms with E-state index < -0.39 is 12.8 Å². The summed E-state index contributed by atoms with van der Waals surface area (Å²) in [6, 6.07) is 6.11. The summed E-state index contributed by atoms with van der Waals surface area (Å²) in [4.78, 5) is 12.5. The van der Waals surface area contributed by atoms with Gasteiger partial charge in [0.25, 0.3) is 5.91 Å². The van der Waals surface area contributed by atoms with Crippen LogP contribution in [0.4, 0.5) is 13.2 Å². The molecule has 0 saturated heterocycles. The minimum absolute atomic E-state index is 0. The van der Waals surface area contributed by atoms with Crippen LogP contribution in [0, 0.1) is 11.8 Å². The molecule has 1 aromatic rings. The average molecular weight is 393 g/mol. The minimum Gasteiger partial charge on any atom is -0.484 e. The molecule has 146 valence electrons. The Morgan fingerprint density at radius 3 is 2.27 bits per heavy atom. The number of benzene rings is 1. The van der Waals surface area contributed by atoms with Gasteiger partial charge in [0.2, 0.25) is 0 Å². The number of hydrogen-bond donors (Lipinski definition) is 2. The number of nitrogens with two attached hydrogens (primary N) is 1. The molecule has 3 N–H and O–H groups in total. The van der Waals surface area contributed by atoms with E-state index in [1.165, 1.54) is 30.7 Å². The molecule has 0 radical (unpaired) electrons. The van der Waals surface area contributed by atoms with E-state index in [0.717, 1.165) is 25.7 Å². The number of ether oxygens (including phenoxy) is 1. The molecule has 1 aromatic carbocycles. The first-order chi connectivity index (χ1) is 11.8.